The predicted molar refractivity (Wildman–Crippen MR) is 67.8 cm³/mol. The van der Waals surface area contributed by atoms with Crippen LogP contribution in [0.1, 0.15) is 46.5 Å². The van der Waals surface area contributed by atoms with Crippen molar-refractivity contribution in [2.45, 2.75) is 58.7 Å². The molecule has 0 radical (unpaired) electrons. The lowest BCUT2D eigenvalue weighted by Crippen LogP contribution is -2.49. The van der Waals surface area contributed by atoms with Gasteiger partial charge < -0.3 is 4.74 Å². The molecule has 4 heteroatoms. The topological polar surface area (TPSA) is 55.4 Å². The fourth-order valence-electron chi connectivity index (χ4n) is 3.16. The molecule has 2 saturated heterocycles. The van der Waals surface area contributed by atoms with Gasteiger partial charge in [-0.2, -0.15) is 0 Å². The second-order valence-electron chi connectivity index (χ2n) is 6.08. The van der Waals surface area contributed by atoms with Crippen LogP contribution in [0.3, 0.4) is 0 Å². The molecule has 4 nitrogen and oxygen atoms in total. The Morgan fingerprint density at radius 1 is 1.33 bits per heavy atom. The van der Waals surface area contributed by atoms with Crippen molar-refractivity contribution in [1.82, 2.24) is 5.32 Å². The molecule has 0 spiro atoms. The molecule has 2 aliphatic rings. The SMILES string of the molecule is CC(C)CC1C(=O)NC(=O)CC1C1CCC(C)O1. The van der Waals surface area contributed by atoms with E-state index in [1.165, 1.54) is 0 Å². The normalized spacial score (nSPS) is 37.1. The van der Waals surface area contributed by atoms with Gasteiger partial charge in [0.15, 0.2) is 0 Å². The Morgan fingerprint density at radius 3 is 2.61 bits per heavy atom. The second kappa shape index (κ2) is 5.39. The van der Waals surface area contributed by atoms with Gasteiger partial charge in [0.25, 0.3) is 0 Å². The van der Waals surface area contributed by atoms with Crippen LogP contribution >= 0.6 is 0 Å². The number of piperidine rings is 1. The molecule has 2 aliphatic heterocycles. The summed E-state index contributed by atoms with van der Waals surface area (Å²) in [6.07, 6.45) is 3.61. The van der Waals surface area contributed by atoms with Crippen LogP contribution in [0.5, 0.6) is 0 Å². The summed E-state index contributed by atoms with van der Waals surface area (Å²) in [7, 11) is 0. The smallest absolute Gasteiger partial charge is 0.230 e. The first-order valence-corrected chi connectivity index (χ1v) is 6.96. The third-order valence-electron chi connectivity index (χ3n) is 4.01. The average Bonchev–Trinajstić information content (AvgIpc) is 2.68. The van der Waals surface area contributed by atoms with Crippen molar-refractivity contribution in [3.05, 3.63) is 0 Å². The third kappa shape index (κ3) is 2.91. The summed E-state index contributed by atoms with van der Waals surface area (Å²) in [5.74, 6) is 0.202. The fourth-order valence-corrected chi connectivity index (χ4v) is 3.16. The first-order chi connectivity index (χ1) is 8.47. The highest BCUT2D eigenvalue weighted by Gasteiger charge is 2.42. The van der Waals surface area contributed by atoms with Gasteiger partial charge >= 0.3 is 0 Å². The van der Waals surface area contributed by atoms with Crippen LogP contribution in [0.4, 0.5) is 0 Å². The predicted octanol–water partition coefficient (Wildman–Crippen LogP) is 1.88. The molecular weight excluding hydrogens is 230 g/mol. The number of hydrogen-bond acceptors (Lipinski definition) is 3. The quantitative estimate of drug-likeness (QED) is 0.781. The molecule has 1 N–H and O–H groups in total. The third-order valence-corrected chi connectivity index (χ3v) is 4.01. The number of hydrogen-bond donors (Lipinski definition) is 1. The van der Waals surface area contributed by atoms with Crippen molar-refractivity contribution in [2.75, 3.05) is 0 Å². The van der Waals surface area contributed by atoms with E-state index < -0.39 is 0 Å². The van der Waals surface area contributed by atoms with Gasteiger partial charge in [0.2, 0.25) is 11.8 Å². The zero-order chi connectivity index (χ0) is 13.3. The molecule has 4 unspecified atom stereocenters. The maximum atomic E-state index is 12.0. The molecule has 2 heterocycles. The molecule has 0 aliphatic carbocycles. The molecule has 0 bridgehead atoms. The number of amides is 2. The van der Waals surface area contributed by atoms with Crippen molar-refractivity contribution in [2.24, 2.45) is 17.8 Å². The van der Waals surface area contributed by atoms with Gasteiger partial charge in [-0.25, -0.2) is 0 Å². The largest absolute Gasteiger partial charge is 0.375 e. The van der Waals surface area contributed by atoms with Crippen LogP contribution in [0, 0.1) is 17.8 Å². The highest BCUT2D eigenvalue weighted by atomic mass is 16.5. The van der Waals surface area contributed by atoms with Crippen molar-refractivity contribution in [3.63, 3.8) is 0 Å². The van der Waals surface area contributed by atoms with Crippen LogP contribution < -0.4 is 5.32 Å². The summed E-state index contributed by atoms with van der Waals surface area (Å²) in [6, 6.07) is 0. The molecular formula is C14H23NO3. The summed E-state index contributed by atoms with van der Waals surface area (Å²) < 4.78 is 5.88. The maximum absolute atomic E-state index is 12.0. The highest BCUT2D eigenvalue weighted by Crippen LogP contribution is 2.36. The molecule has 0 aromatic carbocycles. The Balaban J connectivity index is 2.11. The molecule has 4 atom stereocenters. The van der Waals surface area contributed by atoms with E-state index in [0.29, 0.717) is 12.3 Å². The minimum atomic E-state index is -0.145. The van der Waals surface area contributed by atoms with Gasteiger partial charge in [0.05, 0.1) is 12.2 Å². The van der Waals surface area contributed by atoms with Crippen molar-refractivity contribution < 1.29 is 14.3 Å². The number of carbonyl (C=O) groups is 2. The number of imide groups is 1. The van der Waals surface area contributed by atoms with E-state index in [-0.39, 0.29) is 35.9 Å². The van der Waals surface area contributed by atoms with E-state index in [1.807, 2.05) is 0 Å². The minimum Gasteiger partial charge on any atom is -0.375 e. The molecule has 2 amide bonds. The van der Waals surface area contributed by atoms with E-state index in [4.69, 9.17) is 4.74 Å². The first-order valence-electron chi connectivity index (χ1n) is 6.96. The van der Waals surface area contributed by atoms with E-state index in [0.717, 1.165) is 19.3 Å². The van der Waals surface area contributed by atoms with Gasteiger partial charge in [-0.3, -0.25) is 14.9 Å². The summed E-state index contributed by atoms with van der Waals surface area (Å²) in [6.45, 7) is 6.28. The zero-order valence-electron chi connectivity index (χ0n) is 11.4. The first kappa shape index (κ1) is 13.5. The monoisotopic (exact) mass is 253 g/mol. The van der Waals surface area contributed by atoms with Crippen LogP contribution in [0.15, 0.2) is 0 Å². The molecule has 18 heavy (non-hydrogen) atoms. The van der Waals surface area contributed by atoms with Crippen LogP contribution in [-0.2, 0) is 14.3 Å². The minimum absolute atomic E-state index is 0.0681. The summed E-state index contributed by atoms with van der Waals surface area (Å²) in [5, 5.41) is 2.47. The lowest BCUT2D eigenvalue weighted by atomic mass is 9.76. The van der Waals surface area contributed by atoms with Crippen LogP contribution in [0.2, 0.25) is 0 Å². The average molecular weight is 253 g/mol. The van der Waals surface area contributed by atoms with Gasteiger partial charge in [0, 0.05) is 18.3 Å². The fraction of sp³-hybridized carbons (Fsp3) is 0.857. The Kier molecular flexibility index (Phi) is 4.05. The Morgan fingerprint density at radius 2 is 2.06 bits per heavy atom. The second-order valence-corrected chi connectivity index (χ2v) is 6.08. The zero-order valence-corrected chi connectivity index (χ0v) is 11.4. The van der Waals surface area contributed by atoms with E-state index in [1.54, 1.807) is 0 Å². The molecule has 102 valence electrons. The summed E-state index contributed by atoms with van der Waals surface area (Å²) in [4.78, 5) is 23.6. The van der Waals surface area contributed by atoms with Crippen molar-refractivity contribution in [1.29, 1.82) is 0 Å². The summed E-state index contributed by atoms with van der Waals surface area (Å²) >= 11 is 0. The Labute approximate surface area is 108 Å². The van der Waals surface area contributed by atoms with Crippen molar-refractivity contribution >= 4 is 11.8 Å². The molecule has 2 rings (SSSR count). The Bertz CT molecular complexity index is 340. The van der Waals surface area contributed by atoms with Gasteiger partial charge in [-0.15, -0.1) is 0 Å². The summed E-state index contributed by atoms with van der Waals surface area (Å²) in [5.41, 5.74) is 0. The van der Waals surface area contributed by atoms with Crippen LogP contribution in [-0.4, -0.2) is 24.0 Å². The lowest BCUT2D eigenvalue weighted by molar-refractivity contribution is -0.143. The molecule has 2 fully saturated rings. The number of nitrogens with one attached hydrogen (secondary N) is 1. The van der Waals surface area contributed by atoms with E-state index in [2.05, 4.69) is 26.1 Å². The Hall–Kier alpha value is -0.900. The van der Waals surface area contributed by atoms with Crippen LogP contribution in [0.25, 0.3) is 0 Å². The highest BCUT2D eigenvalue weighted by molar-refractivity contribution is 5.99. The molecule has 0 saturated carbocycles. The molecule has 0 aromatic heterocycles. The maximum Gasteiger partial charge on any atom is 0.230 e. The van der Waals surface area contributed by atoms with E-state index in [9.17, 15) is 9.59 Å². The van der Waals surface area contributed by atoms with Gasteiger partial charge in [0.1, 0.15) is 0 Å². The molecule has 0 aromatic rings. The number of ether oxygens (including phenoxy) is 1. The standard InChI is InChI=1S/C14H23NO3/c1-8(2)6-11-10(7-13(16)15-14(11)17)12-5-4-9(3)18-12/h8-12H,4-7H2,1-3H3,(H,15,16,17). The van der Waals surface area contributed by atoms with Gasteiger partial charge in [-0.1, -0.05) is 13.8 Å². The lowest BCUT2D eigenvalue weighted by Gasteiger charge is -2.34. The number of rotatable bonds is 3. The van der Waals surface area contributed by atoms with E-state index >= 15 is 0 Å². The van der Waals surface area contributed by atoms with Crippen molar-refractivity contribution in [3.8, 4) is 0 Å². The number of carbonyl (C=O) groups excluding carboxylic acids is 2. The van der Waals surface area contributed by atoms with Gasteiger partial charge in [-0.05, 0) is 32.1 Å².